The Bertz CT molecular complexity index is 873. The molecule has 0 fully saturated rings. The van der Waals surface area contributed by atoms with Gasteiger partial charge in [0.1, 0.15) is 5.75 Å². The number of aryl methyl sites for hydroxylation is 1. The van der Waals surface area contributed by atoms with Crippen LogP contribution >= 0.6 is 0 Å². The number of benzene rings is 2. The monoisotopic (exact) mass is 399 g/mol. The fourth-order valence-electron chi connectivity index (χ4n) is 2.46. The average molecular weight is 399 g/mol. The van der Waals surface area contributed by atoms with Crippen molar-refractivity contribution in [2.24, 2.45) is 0 Å². The zero-order valence-corrected chi connectivity index (χ0v) is 17.0. The molecule has 0 unspecified atom stereocenters. The molecule has 0 spiro atoms. The van der Waals surface area contributed by atoms with E-state index >= 15 is 0 Å². The van der Waals surface area contributed by atoms with Crippen LogP contribution in [0.5, 0.6) is 5.75 Å². The average Bonchev–Trinajstić information content (AvgIpc) is 2.71. The second kappa shape index (κ2) is 10.3. The summed E-state index contributed by atoms with van der Waals surface area (Å²) in [6.07, 6.45) is 0. The van der Waals surface area contributed by atoms with Crippen molar-refractivity contribution >= 4 is 23.5 Å². The summed E-state index contributed by atoms with van der Waals surface area (Å²) < 4.78 is 15.1. The zero-order valence-electron chi connectivity index (χ0n) is 17.0. The van der Waals surface area contributed by atoms with Crippen molar-refractivity contribution in [1.82, 2.24) is 0 Å². The summed E-state index contributed by atoms with van der Waals surface area (Å²) in [4.78, 5) is 35.2. The van der Waals surface area contributed by atoms with Crippen molar-refractivity contribution in [3.8, 4) is 5.75 Å². The van der Waals surface area contributed by atoms with Gasteiger partial charge in [0.2, 0.25) is 0 Å². The third kappa shape index (κ3) is 6.64. The maximum atomic E-state index is 11.9. The molecule has 0 aliphatic rings. The van der Waals surface area contributed by atoms with E-state index < -0.39 is 24.5 Å². The molecule has 2 aromatic rings. The Labute approximate surface area is 170 Å². The topological polar surface area (TPSA) is 90.9 Å². The minimum Gasteiger partial charge on any atom is -0.482 e. The largest absolute Gasteiger partial charge is 0.482 e. The molecule has 0 aliphatic carbocycles. The molecule has 154 valence electrons. The molecule has 1 N–H and O–H groups in total. The Morgan fingerprint density at radius 3 is 2.31 bits per heavy atom. The fraction of sp³-hybridized carbons (Fsp3) is 0.318. The second-order valence-corrected chi connectivity index (χ2v) is 6.75. The summed E-state index contributed by atoms with van der Waals surface area (Å²) in [5.41, 5.74) is 2.86. The van der Waals surface area contributed by atoms with E-state index in [2.05, 4.69) is 23.9 Å². The number of hydrogen-bond donors (Lipinski definition) is 1. The molecule has 0 aliphatic heterocycles. The molecule has 7 heteroatoms. The van der Waals surface area contributed by atoms with E-state index in [1.165, 1.54) is 19.2 Å². The minimum atomic E-state index is -0.643. The van der Waals surface area contributed by atoms with E-state index in [0.717, 1.165) is 11.1 Å². The Balaban J connectivity index is 1.79. The summed E-state index contributed by atoms with van der Waals surface area (Å²) in [5, 5.41) is 2.58. The van der Waals surface area contributed by atoms with Gasteiger partial charge in [-0.15, -0.1) is 0 Å². The highest BCUT2D eigenvalue weighted by Crippen LogP contribution is 2.24. The van der Waals surface area contributed by atoms with Crippen LogP contribution in [0.3, 0.4) is 0 Å². The number of methoxy groups -OCH3 is 1. The van der Waals surface area contributed by atoms with Crippen molar-refractivity contribution in [1.29, 1.82) is 0 Å². The smallest absolute Gasteiger partial charge is 0.344 e. The van der Waals surface area contributed by atoms with Gasteiger partial charge in [-0.05, 0) is 54.3 Å². The first-order valence-corrected chi connectivity index (χ1v) is 9.17. The molecule has 0 saturated heterocycles. The lowest BCUT2D eigenvalue weighted by Gasteiger charge is -2.12. The molecule has 0 heterocycles. The first-order chi connectivity index (χ1) is 13.8. The third-order valence-electron chi connectivity index (χ3n) is 4.18. The maximum absolute atomic E-state index is 11.9. The molecule has 0 saturated carbocycles. The molecule has 2 aromatic carbocycles. The first kappa shape index (κ1) is 21.9. The standard InChI is InChI=1S/C22H25NO6/c1-14(2)17-6-5-15(3)19(11-17)28-13-21(25)29-12-20(24)23-18-9-7-16(8-10-18)22(26)27-4/h5-11,14H,12-13H2,1-4H3,(H,23,24). The van der Waals surface area contributed by atoms with Gasteiger partial charge in [-0.3, -0.25) is 4.79 Å². The van der Waals surface area contributed by atoms with Crippen LogP contribution in [0.1, 0.15) is 41.3 Å². The van der Waals surface area contributed by atoms with Crippen LogP contribution in [0.2, 0.25) is 0 Å². The molecule has 0 aromatic heterocycles. The highest BCUT2D eigenvalue weighted by molar-refractivity contribution is 5.94. The van der Waals surface area contributed by atoms with Gasteiger partial charge in [0.15, 0.2) is 13.2 Å². The van der Waals surface area contributed by atoms with Crippen LogP contribution < -0.4 is 10.1 Å². The molecular weight excluding hydrogens is 374 g/mol. The zero-order chi connectivity index (χ0) is 21.4. The maximum Gasteiger partial charge on any atom is 0.344 e. The van der Waals surface area contributed by atoms with Gasteiger partial charge in [0, 0.05) is 5.69 Å². The molecule has 1 amide bonds. The fourth-order valence-corrected chi connectivity index (χ4v) is 2.46. The van der Waals surface area contributed by atoms with Gasteiger partial charge >= 0.3 is 11.9 Å². The summed E-state index contributed by atoms with van der Waals surface area (Å²) in [6, 6.07) is 12.0. The second-order valence-electron chi connectivity index (χ2n) is 6.75. The number of amides is 1. The molecule has 0 atom stereocenters. The number of carbonyl (C=O) groups is 3. The normalized spacial score (nSPS) is 10.4. The van der Waals surface area contributed by atoms with E-state index in [-0.39, 0.29) is 6.61 Å². The number of ether oxygens (including phenoxy) is 3. The van der Waals surface area contributed by atoms with Crippen molar-refractivity contribution in [2.45, 2.75) is 26.7 Å². The molecule has 7 nitrogen and oxygen atoms in total. The van der Waals surface area contributed by atoms with Crippen molar-refractivity contribution in [3.63, 3.8) is 0 Å². The highest BCUT2D eigenvalue weighted by Gasteiger charge is 2.11. The van der Waals surface area contributed by atoms with E-state index in [9.17, 15) is 14.4 Å². The number of hydrogen-bond acceptors (Lipinski definition) is 6. The Hall–Kier alpha value is -3.35. The van der Waals surface area contributed by atoms with Gasteiger partial charge in [-0.25, -0.2) is 9.59 Å². The Morgan fingerprint density at radius 2 is 1.69 bits per heavy atom. The van der Waals surface area contributed by atoms with E-state index in [0.29, 0.717) is 22.9 Å². The number of rotatable bonds is 8. The number of anilines is 1. The SMILES string of the molecule is COC(=O)c1ccc(NC(=O)COC(=O)COc2cc(C(C)C)ccc2C)cc1. The molecule has 0 radical (unpaired) electrons. The summed E-state index contributed by atoms with van der Waals surface area (Å²) in [7, 11) is 1.29. The molecular formula is C22H25NO6. The number of nitrogens with one attached hydrogen (secondary N) is 1. The van der Waals surface area contributed by atoms with Gasteiger partial charge in [-0.1, -0.05) is 26.0 Å². The van der Waals surface area contributed by atoms with Crippen LogP contribution in [0.25, 0.3) is 0 Å². The van der Waals surface area contributed by atoms with Gasteiger partial charge < -0.3 is 19.5 Å². The number of esters is 2. The lowest BCUT2D eigenvalue weighted by Crippen LogP contribution is -2.23. The van der Waals surface area contributed by atoms with Crippen molar-refractivity contribution < 1.29 is 28.6 Å². The molecule has 0 bridgehead atoms. The van der Waals surface area contributed by atoms with E-state index in [4.69, 9.17) is 9.47 Å². The summed E-state index contributed by atoms with van der Waals surface area (Å²) in [6.45, 7) is 5.31. The van der Waals surface area contributed by atoms with Gasteiger partial charge in [0.25, 0.3) is 5.91 Å². The Kier molecular flexibility index (Phi) is 7.77. The van der Waals surface area contributed by atoms with Gasteiger partial charge in [-0.2, -0.15) is 0 Å². The van der Waals surface area contributed by atoms with Crippen LogP contribution in [0, 0.1) is 6.92 Å². The number of carbonyl (C=O) groups excluding carboxylic acids is 3. The van der Waals surface area contributed by atoms with Crippen LogP contribution in [-0.4, -0.2) is 38.2 Å². The lowest BCUT2D eigenvalue weighted by molar-refractivity contribution is -0.149. The predicted octanol–water partition coefficient (Wildman–Crippen LogP) is 3.47. The van der Waals surface area contributed by atoms with E-state index in [1.807, 2.05) is 25.1 Å². The van der Waals surface area contributed by atoms with Crippen LogP contribution in [-0.2, 0) is 19.1 Å². The van der Waals surface area contributed by atoms with Crippen molar-refractivity contribution in [3.05, 3.63) is 59.2 Å². The van der Waals surface area contributed by atoms with E-state index in [1.54, 1.807) is 12.1 Å². The summed E-state index contributed by atoms with van der Waals surface area (Å²) >= 11 is 0. The Morgan fingerprint density at radius 1 is 1.00 bits per heavy atom. The van der Waals surface area contributed by atoms with Crippen LogP contribution in [0.15, 0.2) is 42.5 Å². The van der Waals surface area contributed by atoms with Crippen molar-refractivity contribution in [2.75, 3.05) is 25.6 Å². The van der Waals surface area contributed by atoms with Gasteiger partial charge in [0.05, 0.1) is 12.7 Å². The molecule has 2 rings (SSSR count). The first-order valence-electron chi connectivity index (χ1n) is 9.17. The minimum absolute atomic E-state index is 0.288. The third-order valence-corrected chi connectivity index (χ3v) is 4.18. The molecule has 29 heavy (non-hydrogen) atoms. The lowest BCUT2D eigenvalue weighted by atomic mass is 10.0. The van der Waals surface area contributed by atoms with Crippen LogP contribution in [0.4, 0.5) is 5.69 Å². The summed E-state index contributed by atoms with van der Waals surface area (Å²) in [5.74, 6) is -0.651. The predicted molar refractivity (Wildman–Crippen MR) is 108 cm³/mol. The quantitative estimate of drug-likeness (QED) is 0.684. The highest BCUT2D eigenvalue weighted by atomic mass is 16.6.